The molecule has 1 saturated heterocycles. The molecule has 1 heterocycles. The van der Waals surface area contributed by atoms with Gasteiger partial charge >= 0.3 is 6.09 Å². The zero-order valence-corrected chi connectivity index (χ0v) is 12.7. The van der Waals surface area contributed by atoms with Crippen LogP contribution in [0.3, 0.4) is 0 Å². The maximum atomic E-state index is 12.8. The van der Waals surface area contributed by atoms with Crippen LogP contribution in [-0.2, 0) is 9.47 Å². The fourth-order valence-electron chi connectivity index (χ4n) is 2.50. The molecule has 1 fully saturated rings. The van der Waals surface area contributed by atoms with Gasteiger partial charge in [0.2, 0.25) is 0 Å². The molecular weight excluding hydrogens is 286 g/mol. The Kier molecular flexibility index (Phi) is 5.51. The zero-order valence-electron chi connectivity index (χ0n) is 12.7. The number of rotatable bonds is 6. The van der Waals surface area contributed by atoms with Crippen molar-refractivity contribution in [2.45, 2.75) is 32.6 Å². The van der Waals surface area contributed by atoms with Crippen molar-refractivity contribution in [1.29, 1.82) is 0 Å². The lowest BCUT2D eigenvalue weighted by Gasteiger charge is -2.20. The molecule has 0 spiro atoms. The van der Waals surface area contributed by atoms with Crippen molar-refractivity contribution in [2.75, 3.05) is 13.2 Å². The fourth-order valence-corrected chi connectivity index (χ4v) is 2.50. The van der Waals surface area contributed by atoms with Crippen molar-refractivity contribution in [3.8, 4) is 0 Å². The number of ketones is 1. The summed E-state index contributed by atoms with van der Waals surface area (Å²) in [5, 5.41) is 11.3. The predicted octanol–water partition coefficient (Wildman–Crippen LogP) is 2.60. The van der Waals surface area contributed by atoms with Crippen LogP contribution in [0.15, 0.2) is 24.3 Å². The summed E-state index contributed by atoms with van der Waals surface area (Å²) < 4.78 is 10.9. The van der Waals surface area contributed by atoms with Gasteiger partial charge in [0.25, 0.3) is 0 Å². The number of nitrogens with one attached hydrogen (secondary N) is 1. The molecule has 0 saturated carbocycles. The van der Waals surface area contributed by atoms with Gasteiger partial charge in [-0.2, -0.15) is 0 Å². The largest absolute Gasteiger partial charge is 0.465 e. The maximum Gasteiger partial charge on any atom is 0.405 e. The van der Waals surface area contributed by atoms with E-state index in [4.69, 9.17) is 14.6 Å². The average molecular weight is 307 g/mol. The smallest absolute Gasteiger partial charge is 0.405 e. The molecule has 1 atom stereocenters. The van der Waals surface area contributed by atoms with E-state index in [0.29, 0.717) is 30.8 Å². The van der Waals surface area contributed by atoms with Gasteiger partial charge in [0.05, 0.1) is 19.3 Å². The van der Waals surface area contributed by atoms with Crippen molar-refractivity contribution in [3.63, 3.8) is 0 Å². The molecule has 6 nitrogen and oxygen atoms in total. The summed E-state index contributed by atoms with van der Waals surface area (Å²) in [5.74, 6) is -0.0715. The Morgan fingerprint density at radius 1 is 1.27 bits per heavy atom. The van der Waals surface area contributed by atoms with Gasteiger partial charge in [-0.15, -0.1) is 0 Å². The first-order valence-electron chi connectivity index (χ1n) is 7.35. The monoisotopic (exact) mass is 307 g/mol. The summed E-state index contributed by atoms with van der Waals surface area (Å²) in [6, 6.07) is 6.23. The minimum Gasteiger partial charge on any atom is -0.465 e. The molecular formula is C16H21NO5. The topological polar surface area (TPSA) is 84.9 Å². The molecule has 1 aromatic rings. The Morgan fingerprint density at radius 2 is 1.91 bits per heavy atom. The molecule has 0 aliphatic carbocycles. The number of hydrogen-bond donors (Lipinski definition) is 2. The van der Waals surface area contributed by atoms with Crippen LogP contribution in [0.4, 0.5) is 4.79 Å². The minimum absolute atomic E-state index is 0.187. The first-order chi connectivity index (χ1) is 10.5. The first-order valence-corrected chi connectivity index (χ1v) is 7.35. The second kappa shape index (κ2) is 7.38. The van der Waals surface area contributed by atoms with Crippen molar-refractivity contribution >= 4 is 11.9 Å². The number of Topliss-reactive ketones (excluding diaryl/α,β-unsaturated/α-hetero) is 1. The number of amides is 1. The van der Waals surface area contributed by atoms with Gasteiger partial charge < -0.3 is 19.9 Å². The van der Waals surface area contributed by atoms with E-state index >= 15 is 0 Å². The Hall–Kier alpha value is -1.92. The molecule has 1 aliphatic rings. The number of hydrogen-bond acceptors (Lipinski definition) is 4. The second-order valence-corrected chi connectivity index (χ2v) is 5.66. The van der Waals surface area contributed by atoms with Crippen LogP contribution in [0.25, 0.3) is 0 Å². The predicted molar refractivity (Wildman–Crippen MR) is 79.8 cm³/mol. The van der Waals surface area contributed by atoms with E-state index < -0.39 is 18.4 Å². The van der Waals surface area contributed by atoms with E-state index in [-0.39, 0.29) is 11.7 Å². The SMILES string of the molecule is CC(C)CC(NC(=O)O)C(=O)c1ccccc1C1OCCO1. The molecule has 1 amide bonds. The fraction of sp³-hybridized carbons (Fsp3) is 0.500. The van der Waals surface area contributed by atoms with Crippen LogP contribution in [0, 0.1) is 5.92 Å². The highest BCUT2D eigenvalue weighted by Crippen LogP contribution is 2.27. The Labute approximate surface area is 129 Å². The molecule has 2 N–H and O–H groups in total. The van der Waals surface area contributed by atoms with Crippen LogP contribution in [0.2, 0.25) is 0 Å². The molecule has 0 aromatic heterocycles. The van der Waals surface area contributed by atoms with Gasteiger partial charge in [0.15, 0.2) is 12.1 Å². The Morgan fingerprint density at radius 3 is 2.50 bits per heavy atom. The van der Waals surface area contributed by atoms with Crippen LogP contribution in [-0.4, -0.2) is 36.2 Å². The van der Waals surface area contributed by atoms with Crippen LogP contribution >= 0.6 is 0 Å². The molecule has 2 rings (SSSR count). The standard InChI is InChI=1S/C16H21NO5/c1-10(2)9-13(17-16(19)20)14(18)11-5-3-4-6-12(11)15-21-7-8-22-15/h3-6,10,13,15,17H,7-9H2,1-2H3,(H,19,20). The normalized spacial score (nSPS) is 16.7. The zero-order chi connectivity index (χ0) is 16.1. The summed E-state index contributed by atoms with van der Waals surface area (Å²) in [6.45, 7) is 4.85. The number of ether oxygens (including phenoxy) is 2. The van der Waals surface area contributed by atoms with E-state index in [1.807, 2.05) is 13.8 Å². The lowest BCUT2D eigenvalue weighted by Crippen LogP contribution is -2.41. The lowest BCUT2D eigenvalue weighted by molar-refractivity contribution is -0.0445. The molecule has 1 unspecified atom stereocenters. The van der Waals surface area contributed by atoms with E-state index in [0.717, 1.165) is 0 Å². The van der Waals surface area contributed by atoms with Crippen LogP contribution in [0.5, 0.6) is 0 Å². The molecule has 0 bridgehead atoms. The number of carboxylic acid groups (broad SMARTS) is 1. The van der Waals surface area contributed by atoms with Crippen LogP contribution < -0.4 is 5.32 Å². The van der Waals surface area contributed by atoms with Gasteiger partial charge in [-0.05, 0) is 12.3 Å². The van der Waals surface area contributed by atoms with E-state index in [1.165, 1.54) is 0 Å². The number of carbonyl (C=O) groups is 2. The van der Waals surface area contributed by atoms with Crippen molar-refractivity contribution < 1.29 is 24.2 Å². The summed E-state index contributed by atoms with van der Waals surface area (Å²) in [5.41, 5.74) is 1.08. The third-order valence-electron chi connectivity index (χ3n) is 3.42. The summed E-state index contributed by atoms with van der Waals surface area (Å²) in [4.78, 5) is 23.7. The third-order valence-corrected chi connectivity index (χ3v) is 3.42. The van der Waals surface area contributed by atoms with Gasteiger partial charge in [-0.1, -0.05) is 38.1 Å². The van der Waals surface area contributed by atoms with Gasteiger partial charge in [-0.3, -0.25) is 4.79 Å². The van der Waals surface area contributed by atoms with Crippen molar-refractivity contribution in [3.05, 3.63) is 35.4 Å². The van der Waals surface area contributed by atoms with E-state index in [9.17, 15) is 9.59 Å². The molecule has 1 aliphatic heterocycles. The second-order valence-electron chi connectivity index (χ2n) is 5.66. The third kappa shape index (κ3) is 4.05. The van der Waals surface area contributed by atoms with Crippen LogP contribution in [0.1, 0.15) is 42.5 Å². The van der Waals surface area contributed by atoms with Gasteiger partial charge in [0, 0.05) is 11.1 Å². The average Bonchev–Trinajstić information content (AvgIpc) is 2.99. The quantitative estimate of drug-likeness (QED) is 0.789. The molecule has 6 heteroatoms. The molecule has 1 aromatic carbocycles. The van der Waals surface area contributed by atoms with Crippen molar-refractivity contribution in [2.24, 2.45) is 5.92 Å². The minimum atomic E-state index is -1.20. The van der Waals surface area contributed by atoms with E-state index in [1.54, 1.807) is 24.3 Å². The maximum absolute atomic E-state index is 12.8. The highest BCUT2D eigenvalue weighted by Gasteiger charge is 2.28. The summed E-state index contributed by atoms with van der Waals surface area (Å²) in [7, 11) is 0. The Balaban J connectivity index is 2.27. The summed E-state index contributed by atoms with van der Waals surface area (Å²) in [6.07, 6.45) is -1.33. The molecule has 0 radical (unpaired) electrons. The Bertz CT molecular complexity index is 537. The molecule has 120 valence electrons. The highest BCUT2D eigenvalue weighted by atomic mass is 16.7. The molecule has 22 heavy (non-hydrogen) atoms. The summed E-state index contributed by atoms with van der Waals surface area (Å²) >= 11 is 0. The highest BCUT2D eigenvalue weighted by molar-refractivity contribution is 6.02. The number of benzene rings is 1. The lowest BCUT2D eigenvalue weighted by atomic mass is 9.93. The van der Waals surface area contributed by atoms with Gasteiger partial charge in [-0.25, -0.2) is 4.79 Å². The first kappa shape index (κ1) is 16.5. The van der Waals surface area contributed by atoms with E-state index in [2.05, 4.69) is 5.32 Å². The van der Waals surface area contributed by atoms with Gasteiger partial charge in [0.1, 0.15) is 0 Å². The number of carbonyl (C=O) groups excluding carboxylic acids is 1. The van der Waals surface area contributed by atoms with Crippen molar-refractivity contribution in [1.82, 2.24) is 5.32 Å².